The maximum atomic E-state index is 12.4. The summed E-state index contributed by atoms with van der Waals surface area (Å²) in [5.74, 6) is 0.212. The lowest BCUT2D eigenvalue weighted by atomic mass is 10.1. The molecule has 4 rings (SSSR count). The van der Waals surface area contributed by atoms with Gasteiger partial charge in [-0.15, -0.1) is 0 Å². The van der Waals surface area contributed by atoms with E-state index in [2.05, 4.69) is 15.3 Å². The topological polar surface area (TPSA) is 68.0 Å². The average Bonchev–Trinajstić information content (AvgIpc) is 3.06. The van der Waals surface area contributed by atoms with Gasteiger partial charge in [-0.3, -0.25) is 4.79 Å². The summed E-state index contributed by atoms with van der Waals surface area (Å²) >= 11 is 5.96. The Morgan fingerprint density at radius 3 is 2.69 bits per heavy atom. The summed E-state index contributed by atoms with van der Waals surface area (Å²) < 4.78 is 5.80. The number of hydrogen-bond donors (Lipinski definition) is 1. The normalized spacial score (nSPS) is 10.8. The summed E-state index contributed by atoms with van der Waals surface area (Å²) in [6.07, 6.45) is 1.53. The van der Waals surface area contributed by atoms with Crippen LogP contribution in [0.5, 0.6) is 0 Å². The summed E-state index contributed by atoms with van der Waals surface area (Å²) in [5, 5.41) is 2.96. The number of pyridine rings is 1. The average molecular weight is 364 g/mol. The van der Waals surface area contributed by atoms with Gasteiger partial charge in [-0.25, -0.2) is 9.97 Å². The molecule has 5 nitrogen and oxygen atoms in total. The maximum absolute atomic E-state index is 12.4. The van der Waals surface area contributed by atoms with Gasteiger partial charge in [0.05, 0.1) is 5.56 Å². The number of amides is 1. The van der Waals surface area contributed by atoms with Crippen molar-refractivity contribution in [2.45, 2.75) is 6.92 Å². The van der Waals surface area contributed by atoms with Gasteiger partial charge in [0.25, 0.3) is 5.91 Å². The van der Waals surface area contributed by atoms with Crippen molar-refractivity contribution in [1.82, 2.24) is 9.97 Å². The fourth-order valence-corrected chi connectivity index (χ4v) is 2.78. The fourth-order valence-electron chi connectivity index (χ4n) is 2.58. The lowest BCUT2D eigenvalue weighted by Crippen LogP contribution is -2.12. The molecule has 0 aliphatic rings. The van der Waals surface area contributed by atoms with Crippen LogP contribution in [0.3, 0.4) is 0 Å². The molecule has 0 aliphatic heterocycles. The number of halogens is 1. The molecule has 4 aromatic rings. The number of aryl methyl sites for hydroxylation is 1. The van der Waals surface area contributed by atoms with Crippen LogP contribution in [0.15, 0.2) is 65.2 Å². The lowest BCUT2D eigenvalue weighted by Gasteiger charge is -2.05. The Labute approximate surface area is 154 Å². The molecule has 0 spiro atoms. The number of aromatic nitrogens is 2. The van der Waals surface area contributed by atoms with E-state index in [4.69, 9.17) is 16.0 Å². The number of benzene rings is 2. The molecule has 2 heterocycles. The Balaban J connectivity index is 1.62. The predicted molar refractivity (Wildman–Crippen MR) is 101 cm³/mol. The standard InChI is InChI=1S/C20H14ClN3O2/c1-12-4-6-13(7-5-12)20-24-16-11-14(8-9-17(16)26-20)23-19(25)15-3-2-10-22-18(15)21/h2-11H,1H3,(H,23,25). The first kappa shape index (κ1) is 16.3. The van der Waals surface area contributed by atoms with Crippen LogP contribution in [0.2, 0.25) is 5.15 Å². The molecule has 2 aromatic heterocycles. The third-order valence-electron chi connectivity index (χ3n) is 3.95. The Hall–Kier alpha value is -3.18. The molecule has 0 saturated carbocycles. The van der Waals surface area contributed by atoms with Crippen molar-refractivity contribution < 1.29 is 9.21 Å². The van der Waals surface area contributed by atoms with Gasteiger partial charge in [-0.1, -0.05) is 29.3 Å². The second-order valence-electron chi connectivity index (χ2n) is 5.86. The van der Waals surface area contributed by atoms with Crippen molar-refractivity contribution in [3.05, 3.63) is 77.1 Å². The van der Waals surface area contributed by atoms with Crippen molar-refractivity contribution in [1.29, 1.82) is 0 Å². The smallest absolute Gasteiger partial charge is 0.258 e. The quantitative estimate of drug-likeness (QED) is 0.514. The highest BCUT2D eigenvalue weighted by molar-refractivity contribution is 6.33. The Morgan fingerprint density at radius 1 is 1.12 bits per heavy atom. The van der Waals surface area contributed by atoms with E-state index in [0.29, 0.717) is 28.2 Å². The molecule has 0 unspecified atom stereocenters. The lowest BCUT2D eigenvalue weighted by molar-refractivity contribution is 0.102. The Kier molecular flexibility index (Phi) is 4.14. The minimum Gasteiger partial charge on any atom is -0.436 e. The van der Waals surface area contributed by atoms with Crippen LogP contribution in [-0.4, -0.2) is 15.9 Å². The second kappa shape index (κ2) is 6.61. The predicted octanol–water partition coefficient (Wildman–Crippen LogP) is 5.10. The summed E-state index contributed by atoms with van der Waals surface area (Å²) in [6.45, 7) is 2.03. The number of carbonyl (C=O) groups is 1. The van der Waals surface area contributed by atoms with Crippen LogP contribution >= 0.6 is 11.6 Å². The molecule has 26 heavy (non-hydrogen) atoms. The number of carbonyl (C=O) groups excluding carboxylic acids is 1. The van der Waals surface area contributed by atoms with Gasteiger partial charge in [-0.2, -0.15) is 0 Å². The molecule has 0 bridgehead atoms. The van der Waals surface area contributed by atoms with Gasteiger partial charge in [0.1, 0.15) is 10.7 Å². The summed E-state index contributed by atoms with van der Waals surface area (Å²) in [4.78, 5) is 20.8. The minimum atomic E-state index is -0.329. The van der Waals surface area contributed by atoms with Crippen LogP contribution in [0.4, 0.5) is 5.69 Å². The van der Waals surface area contributed by atoms with E-state index in [0.717, 1.165) is 5.56 Å². The van der Waals surface area contributed by atoms with Gasteiger partial charge in [0.15, 0.2) is 5.58 Å². The van der Waals surface area contributed by atoms with Crippen LogP contribution in [-0.2, 0) is 0 Å². The first-order chi connectivity index (χ1) is 12.6. The fraction of sp³-hybridized carbons (Fsp3) is 0.0500. The van der Waals surface area contributed by atoms with Gasteiger partial charge >= 0.3 is 0 Å². The van der Waals surface area contributed by atoms with Crippen molar-refractivity contribution in [3.8, 4) is 11.5 Å². The first-order valence-corrected chi connectivity index (χ1v) is 8.37. The highest BCUT2D eigenvalue weighted by Gasteiger charge is 2.13. The number of anilines is 1. The molecular formula is C20H14ClN3O2. The minimum absolute atomic E-state index is 0.161. The summed E-state index contributed by atoms with van der Waals surface area (Å²) in [7, 11) is 0. The molecule has 1 amide bonds. The number of nitrogens with zero attached hydrogens (tertiary/aromatic N) is 2. The maximum Gasteiger partial charge on any atom is 0.258 e. The van der Waals surface area contributed by atoms with Gasteiger partial charge in [-0.05, 0) is 49.4 Å². The number of fused-ring (bicyclic) bond motifs is 1. The third-order valence-corrected chi connectivity index (χ3v) is 4.25. The number of hydrogen-bond acceptors (Lipinski definition) is 4. The van der Waals surface area contributed by atoms with E-state index < -0.39 is 0 Å². The van der Waals surface area contributed by atoms with E-state index in [9.17, 15) is 4.79 Å². The number of oxazole rings is 1. The summed E-state index contributed by atoms with van der Waals surface area (Å²) in [6, 6.07) is 16.5. The van der Waals surface area contributed by atoms with Gasteiger partial charge < -0.3 is 9.73 Å². The SMILES string of the molecule is Cc1ccc(-c2nc3cc(NC(=O)c4cccnc4Cl)ccc3o2)cc1. The molecule has 0 radical (unpaired) electrons. The Morgan fingerprint density at radius 2 is 1.92 bits per heavy atom. The zero-order valence-electron chi connectivity index (χ0n) is 13.9. The zero-order valence-corrected chi connectivity index (χ0v) is 14.6. The van der Waals surface area contributed by atoms with E-state index >= 15 is 0 Å². The highest BCUT2D eigenvalue weighted by Crippen LogP contribution is 2.26. The molecule has 128 valence electrons. The Bertz CT molecular complexity index is 1100. The molecule has 0 aliphatic carbocycles. The van der Waals surface area contributed by atoms with Crippen molar-refractivity contribution in [2.75, 3.05) is 5.32 Å². The van der Waals surface area contributed by atoms with Crippen molar-refractivity contribution >= 4 is 34.3 Å². The van der Waals surface area contributed by atoms with E-state index in [1.165, 1.54) is 11.8 Å². The van der Waals surface area contributed by atoms with E-state index in [1.807, 2.05) is 31.2 Å². The first-order valence-electron chi connectivity index (χ1n) is 8.00. The van der Waals surface area contributed by atoms with E-state index in [-0.39, 0.29) is 11.1 Å². The van der Waals surface area contributed by atoms with Gasteiger partial charge in [0.2, 0.25) is 5.89 Å². The number of rotatable bonds is 3. The van der Waals surface area contributed by atoms with Crippen molar-refractivity contribution in [3.63, 3.8) is 0 Å². The number of nitrogens with one attached hydrogen (secondary N) is 1. The van der Waals surface area contributed by atoms with Crippen LogP contribution in [0.1, 0.15) is 15.9 Å². The molecule has 6 heteroatoms. The monoisotopic (exact) mass is 363 g/mol. The molecule has 0 atom stereocenters. The third kappa shape index (κ3) is 3.17. The van der Waals surface area contributed by atoms with Crippen molar-refractivity contribution in [2.24, 2.45) is 0 Å². The van der Waals surface area contributed by atoms with Gasteiger partial charge in [0, 0.05) is 17.4 Å². The zero-order chi connectivity index (χ0) is 18.1. The molecule has 0 fully saturated rings. The molecular weight excluding hydrogens is 350 g/mol. The van der Waals surface area contributed by atoms with Crippen LogP contribution in [0.25, 0.3) is 22.6 Å². The highest BCUT2D eigenvalue weighted by atomic mass is 35.5. The van der Waals surface area contributed by atoms with Crippen LogP contribution in [0, 0.1) is 6.92 Å². The largest absolute Gasteiger partial charge is 0.436 e. The molecule has 2 aromatic carbocycles. The van der Waals surface area contributed by atoms with Crippen LogP contribution < -0.4 is 5.32 Å². The second-order valence-corrected chi connectivity index (χ2v) is 6.22. The van der Waals surface area contributed by atoms with E-state index in [1.54, 1.807) is 30.3 Å². The molecule has 1 N–H and O–H groups in total. The molecule has 0 saturated heterocycles. The summed E-state index contributed by atoms with van der Waals surface area (Å²) in [5.41, 5.74) is 4.30.